The maximum Gasteiger partial charge on any atom is 0.291 e. The van der Waals surface area contributed by atoms with Gasteiger partial charge in [0.05, 0.1) is 5.69 Å². The van der Waals surface area contributed by atoms with Gasteiger partial charge in [0.25, 0.3) is 11.8 Å². The maximum absolute atomic E-state index is 12.5. The number of hydrogen-bond acceptors (Lipinski definition) is 5. The van der Waals surface area contributed by atoms with Gasteiger partial charge in [0.2, 0.25) is 0 Å². The van der Waals surface area contributed by atoms with Gasteiger partial charge in [-0.15, -0.1) is 0 Å². The van der Waals surface area contributed by atoms with E-state index in [1.54, 1.807) is 25.4 Å². The summed E-state index contributed by atoms with van der Waals surface area (Å²) in [6.45, 7) is 0.178. The number of aromatic nitrogens is 2. The van der Waals surface area contributed by atoms with Crippen LogP contribution in [-0.4, -0.2) is 28.6 Å². The number of anilines is 1. The summed E-state index contributed by atoms with van der Waals surface area (Å²) in [5.41, 5.74) is 0.422. The molecule has 152 valence electrons. The molecular formula is C22H20N4O4. The van der Waals surface area contributed by atoms with Gasteiger partial charge in [0.15, 0.2) is 11.5 Å². The van der Waals surface area contributed by atoms with Crippen LogP contribution in [0.25, 0.3) is 10.8 Å². The predicted octanol–water partition coefficient (Wildman–Crippen LogP) is 3.36. The quantitative estimate of drug-likeness (QED) is 0.514. The molecule has 0 aliphatic heterocycles. The van der Waals surface area contributed by atoms with Gasteiger partial charge in [-0.1, -0.05) is 36.4 Å². The molecule has 2 aromatic heterocycles. The van der Waals surface area contributed by atoms with Crippen LogP contribution < -0.4 is 15.4 Å². The molecule has 0 aliphatic carbocycles. The van der Waals surface area contributed by atoms with Gasteiger partial charge in [-0.25, -0.2) is 0 Å². The molecule has 0 fully saturated rings. The standard InChI is InChI=1S/C22H20N4O4/c1-23-22(28)20-17(12-26(2)25-20)24-21(27)19-11-10-15(30-19)13-29-18-9-5-7-14-6-3-4-8-16(14)18/h3-12H,13H2,1-2H3,(H,23,28)(H,24,27). The molecule has 8 heteroatoms. The number of aryl methyl sites for hydroxylation is 1. The Balaban J connectivity index is 1.45. The van der Waals surface area contributed by atoms with Crippen molar-refractivity contribution in [1.82, 2.24) is 15.1 Å². The van der Waals surface area contributed by atoms with Crippen molar-refractivity contribution in [3.63, 3.8) is 0 Å². The van der Waals surface area contributed by atoms with Gasteiger partial charge >= 0.3 is 0 Å². The summed E-state index contributed by atoms with van der Waals surface area (Å²) in [6.07, 6.45) is 1.55. The highest BCUT2D eigenvalue weighted by atomic mass is 16.5. The fourth-order valence-corrected chi connectivity index (χ4v) is 3.10. The SMILES string of the molecule is CNC(=O)c1nn(C)cc1NC(=O)c1ccc(COc2cccc3ccccc23)o1. The fourth-order valence-electron chi connectivity index (χ4n) is 3.10. The Morgan fingerprint density at radius 1 is 1.07 bits per heavy atom. The Labute approximate surface area is 172 Å². The fraction of sp³-hybridized carbons (Fsp3) is 0.136. The Bertz CT molecular complexity index is 1220. The minimum atomic E-state index is -0.482. The Morgan fingerprint density at radius 3 is 2.70 bits per heavy atom. The van der Waals surface area contributed by atoms with Crippen molar-refractivity contribution in [2.24, 2.45) is 7.05 Å². The summed E-state index contributed by atoms with van der Waals surface area (Å²) < 4.78 is 13.0. The highest BCUT2D eigenvalue weighted by Gasteiger charge is 2.19. The van der Waals surface area contributed by atoms with E-state index in [-0.39, 0.29) is 18.1 Å². The van der Waals surface area contributed by atoms with Crippen LogP contribution in [0.2, 0.25) is 0 Å². The number of hydrogen-bond donors (Lipinski definition) is 2. The average molecular weight is 404 g/mol. The molecule has 8 nitrogen and oxygen atoms in total. The summed E-state index contributed by atoms with van der Waals surface area (Å²) in [6, 6.07) is 17.0. The van der Waals surface area contributed by atoms with Crippen LogP contribution in [0.1, 0.15) is 26.8 Å². The van der Waals surface area contributed by atoms with E-state index in [1.807, 2.05) is 42.5 Å². The topological polar surface area (TPSA) is 98.4 Å². The van der Waals surface area contributed by atoms with Crippen molar-refractivity contribution in [2.75, 3.05) is 12.4 Å². The summed E-state index contributed by atoms with van der Waals surface area (Å²) in [7, 11) is 3.16. The molecule has 4 rings (SSSR count). The normalized spacial score (nSPS) is 10.7. The first kappa shape index (κ1) is 19.3. The molecule has 2 N–H and O–H groups in total. The van der Waals surface area contributed by atoms with Crippen molar-refractivity contribution >= 4 is 28.3 Å². The molecule has 0 unspecified atom stereocenters. The van der Waals surface area contributed by atoms with Gasteiger partial charge in [0, 0.05) is 25.7 Å². The van der Waals surface area contributed by atoms with Crippen molar-refractivity contribution in [3.8, 4) is 5.75 Å². The lowest BCUT2D eigenvalue weighted by Gasteiger charge is -2.08. The molecule has 0 aliphatic rings. The number of benzene rings is 2. The molecule has 4 aromatic rings. The number of nitrogens with one attached hydrogen (secondary N) is 2. The summed E-state index contributed by atoms with van der Waals surface area (Å²) in [5, 5.41) is 11.3. The summed E-state index contributed by atoms with van der Waals surface area (Å²) in [5.74, 6) is 0.476. The van der Waals surface area contributed by atoms with Crippen LogP contribution in [0, 0.1) is 0 Å². The monoisotopic (exact) mass is 404 g/mol. The van der Waals surface area contributed by atoms with Gasteiger partial charge in [0.1, 0.15) is 18.1 Å². The second-order valence-electron chi connectivity index (χ2n) is 6.63. The van der Waals surface area contributed by atoms with E-state index in [4.69, 9.17) is 9.15 Å². The second kappa shape index (κ2) is 8.12. The molecular weight excluding hydrogens is 384 g/mol. The first-order valence-electron chi connectivity index (χ1n) is 9.31. The van der Waals surface area contributed by atoms with Crippen molar-refractivity contribution in [2.45, 2.75) is 6.61 Å². The predicted molar refractivity (Wildman–Crippen MR) is 112 cm³/mol. The van der Waals surface area contributed by atoms with E-state index in [1.165, 1.54) is 11.7 Å². The van der Waals surface area contributed by atoms with Gasteiger partial charge in [-0.3, -0.25) is 14.3 Å². The van der Waals surface area contributed by atoms with Gasteiger partial charge in [-0.05, 0) is 23.6 Å². The zero-order chi connectivity index (χ0) is 21.1. The number of amides is 2. The first-order valence-corrected chi connectivity index (χ1v) is 9.31. The molecule has 0 saturated carbocycles. The highest BCUT2D eigenvalue weighted by Crippen LogP contribution is 2.26. The average Bonchev–Trinajstić information content (AvgIpc) is 3.38. The molecule has 0 spiro atoms. The molecule has 2 aromatic carbocycles. The van der Waals surface area contributed by atoms with Crippen molar-refractivity contribution in [3.05, 3.63) is 78.0 Å². The van der Waals surface area contributed by atoms with Crippen LogP contribution in [0.5, 0.6) is 5.75 Å². The second-order valence-corrected chi connectivity index (χ2v) is 6.63. The maximum atomic E-state index is 12.5. The van der Waals surface area contributed by atoms with E-state index in [0.717, 1.165) is 16.5 Å². The lowest BCUT2D eigenvalue weighted by Crippen LogP contribution is -2.21. The molecule has 0 saturated heterocycles. The van der Waals surface area contributed by atoms with E-state index in [2.05, 4.69) is 15.7 Å². The third-order valence-corrected chi connectivity index (χ3v) is 4.52. The molecule has 2 amide bonds. The van der Waals surface area contributed by atoms with Crippen LogP contribution in [-0.2, 0) is 13.7 Å². The molecule has 30 heavy (non-hydrogen) atoms. The van der Waals surface area contributed by atoms with E-state index in [0.29, 0.717) is 11.4 Å². The van der Waals surface area contributed by atoms with Gasteiger partial charge < -0.3 is 19.8 Å². The third-order valence-electron chi connectivity index (χ3n) is 4.52. The van der Waals surface area contributed by atoms with Crippen molar-refractivity contribution < 1.29 is 18.7 Å². The lowest BCUT2D eigenvalue weighted by atomic mass is 10.1. The number of nitrogens with zero attached hydrogens (tertiary/aromatic N) is 2. The lowest BCUT2D eigenvalue weighted by molar-refractivity contribution is 0.0958. The third kappa shape index (κ3) is 3.88. The molecule has 0 atom stereocenters. The van der Waals surface area contributed by atoms with Crippen molar-refractivity contribution in [1.29, 1.82) is 0 Å². The summed E-state index contributed by atoms with van der Waals surface area (Å²) >= 11 is 0. The largest absolute Gasteiger partial charge is 0.485 e. The Morgan fingerprint density at radius 2 is 1.87 bits per heavy atom. The zero-order valence-electron chi connectivity index (χ0n) is 16.5. The number of rotatable bonds is 6. The van der Waals surface area contributed by atoms with Crippen LogP contribution in [0.4, 0.5) is 5.69 Å². The van der Waals surface area contributed by atoms with Gasteiger partial charge in [-0.2, -0.15) is 5.10 Å². The molecule has 0 radical (unpaired) electrons. The highest BCUT2D eigenvalue weighted by molar-refractivity contribution is 6.06. The number of fused-ring (bicyclic) bond motifs is 1. The van der Waals surface area contributed by atoms with E-state index < -0.39 is 11.8 Å². The number of furan rings is 1. The Hall–Kier alpha value is -4.07. The minimum Gasteiger partial charge on any atom is -0.485 e. The zero-order valence-corrected chi connectivity index (χ0v) is 16.5. The number of carbonyl (C=O) groups is 2. The molecule has 2 heterocycles. The van der Waals surface area contributed by atoms with E-state index in [9.17, 15) is 9.59 Å². The van der Waals surface area contributed by atoms with Crippen LogP contribution in [0.3, 0.4) is 0 Å². The number of ether oxygens (including phenoxy) is 1. The van der Waals surface area contributed by atoms with E-state index >= 15 is 0 Å². The Kier molecular flexibility index (Phi) is 5.21. The first-order chi connectivity index (χ1) is 14.5. The smallest absolute Gasteiger partial charge is 0.291 e. The molecule has 0 bridgehead atoms. The van der Waals surface area contributed by atoms with Crippen LogP contribution >= 0.6 is 0 Å². The summed E-state index contributed by atoms with van der Waals surface area (Å²) in [4.78, 5) is 24.4. The minimum absolute atomic E-state index is 0.109. The number of carbonyl (C=O) groups excluding carboxylic acids is 2. The van der Waals surface area contributed by atoms with Crippen LogP contribution in [0.15, 0.2) is 65.2 Å².